The van der Waals surface area contributed by atoms with Crippen molar-refractivity contribution in [1.82, 2.24) is 0 Å². The molecular weight excluding hydrogens is 332 g/mol. The summed E-state index contributed by atoms with van der Waals surface area (Å²) in [5.41, 5.74) is 9.93. The number of methoxy groups -OCH3 is 1. The molecule has 1 heterocycles. The molecule has 2 aromatic rings. The van der Waals surface area contributed by atoms with E-state index in [0.717, 1.165) is 40.3 Å². The van der Waals surface area contributed by atoms with Crippen LogP contribution in [-0.4, -0.2) is 13.7 Å². The molecule has 0 atom stereocenters. The van der Waals surface area contributed by atoms with Gasteiger partial charge >= 0.3 is 0 Å². The molecule has 0 aromatic heterocycles. The van der Waals surface area contributed by atoms with Crippen molar-refractivity contribution >= 4 is 27.3 Å². The Morgan fingerprint density at radius 1 is 1.33 bits per heavy atom. The van der Waals surface area contributed by atoms with Gasteiger partial charge in [0.25, 0.3) is 0 Å². The lowest BCUT2D eigenvalue weighted by molar-refractivity contribution is 0.354. The van der Waals surface area contributed by atoms with Gasteiger partial charge in [-0.15, -0.1) is 0 Å². The molecule has 3 rings (SSSR count). The molecule has 1 aliphatic heterocycles. The third kappa shape index (κ3) is 2.93. The van der Waals surface area contributed by atoms with Crippen molar-refractivity contribution < 1.29 is 9.47 Å². The minimum Gasteiger partial charge on any atom is -0.497 e. The Hall–Kier alpha value is -1.88. The van der Waals surface area contributed by atoms with E-state index in [1.54, 1.807) is 7.11 Å². The van der Waals surface area contributed by atoms with Gasteiger partial charge in [-0.05, 0) is 29.8 Å². The molecule has 0 aliphatic carbocycles. The van der Waals surface area contributed by atoms with Gasteiger partial charge in [0.15, 0.2) is 0 Å². The van der Waals surface area contributed by atoms with E-state index in [1.165, 1.54) is 5.56 Å². The van der Waals surface area contributed by atoms with Crippen molar-refractivity contribution in [2.75, 3.05) is 24.8 Å². The zero-order valence-electron chi connectivity index (χ0n) is 11.8. The summed E-state index contributed by atoms with van der Waals surface area (Å²) in [7, 11) is 1.64. The van der Waals surface area contributed by atoms with Crippen LogP contribution in [0.1, 0.15) is 11.1 Å². The fourth-order valence-corrected chi connectivity index (χ4v) is 3.04. The first-order chi connectivity index (χ1) is 10.2. The Bertz CT molecular complexity index is 674. The van der Waals surface area contributed by atoms with E-state index in [9.17, 15) is 0 Å². The predicted molar refractivity (Wildman–Crippen MR) is 88.1 cm³/mol. The summed E-state index contributed by atoms with van der Waals surface area (Å²) in [6.45, 7) is 1.40. The molecule has 4 nitrogen and oxygen atoms in total. The van der Waals surface area contributed by atoms with Crippen LogP contribution in [0.15, 0.2) is 34.8 Å². The number of ether oxygens (including phenoxy) is 2. The molecule has 0 saturated heterocycles. The van der Waals surface area contributed by atoms with Gasteiger partial charge in [-0.2, -0.15) is 0 Å². The number of nitrogens with two attached hydrogens (primary N) is 1. The number of hydrogen-bond donors (Lipinski definition) is 2. The van der Waals surface area contributed by atoms with Crippen molar-refractivity contribution in [3.8, 4) is 11.5 Å². The van der Waals surface area contributed by atoms with Crippen LogP contribution in [0.4, 0.5) is 11.4 Å². The van der Waals surface area contributed by atoms with E-state index in [0.29, 0.717) is 12.2 Å². The normalized spacial score (nSPS) is 12.7. The maximum atomic E-state index is 5.99. The van der Waals surface area contributed by atoms with Crippen LogP contribution in [0.3, 0.4) is 0 Å². The first-order valence-corrected chi connectivity index (χ1v) is 7.58. The van der Waals surface area contributed by atoms with E-state index in [4.69, 9.17) is 15.2 Å². The van der Waals surface area contributed by atoms with E-state index in [2.05, 4.69) is 33.4 Å². The highest BCUT2D eigenvalue weighted by atomic mass is 79.9. The molecular formula is C16H17BrN2O2. The van der Waals surface area contributed by atoms with Crippen LogP contribution >= 0.6 is 15.9 Å². The molecule has 21 heavy (non-hydrogen) atoms. The zero-order valence-corrected chi connectivity index (χ0v) is 13.4. The number of fused-ring (bicyclic) bond motifs is 1. The van der Waals surface area contributed by atoms with Gasteiger partial charge in [-0.3, -0.25) is 0 Å². The van der Waals surface area contributed by atoms with Gasteiger partial charge < -0.3 is 20.5 Å². The first-order valence-electron chi connectivity index (χ1n) is 6.79. The van der Waals surface area contributed by atoms with Crippen LogP contribution in [0.2, 0.25) is 0 Å². The Labute approximate surface area is 132 Å². The third-order valence-corrected chi connectivity index (χ3v) is 4.01. The van der Waals surface area contributed by atoms with Crippen molar-refractivity contribution in [1.29, 1.82) is 0 Å². The van der Waals surface area contributed by atoms with Gasteiger partial charge in [-0.25, -0.2) is 0 Å². The average molecular weight is 349 g/mol. The van der Waals surface area contributed by atoms with Crippen molar-refractivity contribution in [2.24, 2.45) is 0 Å². The maximum Gasteiger partial charge on any atom is 0.127 e. The van der Waals surface area contributed by atoms with Crippen LogP contribution in [-0.2, 0) is 13.0 Å². The molecule has 0 bridgehead atoms. The lowest BCUT2D eigenvalue weighted by Gasteiger charge is -2.13. The molecule has 2 aromatic carbocycles. The van der Waals surface area contributed by atoms with Gasteiger partial charge in [0.2, 0.25) is 0 Å². The Balaban J connectivity index is 1.82. The fraction of sp³-hybridized carbons (Fsp3) is 0.250. The smallest absolute Gasteiger partial charge is 0.127 e. The first kappa shape index (κ1) is 14.1. The number of hydrogen-bond acceptors (Lipinski definition) is 4. The van der Waals surface area contributed by atoms with Crippen molar-refractivity contribution in [3.05, 3.63) is 45.9 Å². The highest BCUT2D eigenvalue weighted by Gasteiger charge is 2.17. The minimum absolute atomic E-state index is 0.652. The third-order valence-electron chi connectivity index (χ3n) is 3.56. The average Bonchev–Trinajstić information content (AvgIpc) is 2.94. The summed E-state index contributed by atoms with van der Waals surface area (Å²) in [6.07, 6.45) is 0.961. The molecule has 3 N–H and O–H groups in total. The second-order valence-electron chi connectivity index (χ2n) is 4.96. The molecule has 0 radical (unpaired) electrons. The number of nitrogen functional groups attached to an aromatic ring is 1. The Kier molecular flexibility index (Phi) is 3.92. The van der Waals surface area contributed by atoms with E-state index >= 15 is 0 Å². The highest BCUT2D eigenvalue weighted by Crippen LogP contribution is 2.34. The standard InChI is InChI=1S/C16H17BrN2O2/c1-20-13-2-3-14(18)15(8-13)19-9-11-7-12(17)6-10-4-5-21-16(10)11/h2-3,6-8,19H,4-5,9,18H2,1H3. The topological polar surface area (TPSA) is 56.5 Å². The second-order valence-corrected chi connectivity index (χ2v) is 5.87. The number of nitrogens with one attached hydrogen (secondary N) is 1. The predicted octanol–water partition coefficient (Wildman–Crippen LogP) is 3.59. The van der Waals surface area contributed by atoms with Crippen molar-refractivity contribution in [3.63, 3.8) is 0 Å². The van der Waals surface area contributed by atoms with Crippen LogP contribution in [0.25, 0.3) is 0 Å². The maximum absolute atomic E-state index is 5.99. The monoisotopic (exact) mass is 348 g/mol. The molecule has 5 heteroatoms. The SMILES string of the molecule is COc1ccc(N)c(NCc2cc(Br)cc3c2OCC3)c1. The summed E-state index contributed by atoms with van der Waals surface area (Å²) in [4.78, 5) is 0. The molecule has 110 valence electrons. The minimum atomic E-state index is 0.652. The fourth-order valence-electron chi connectivity index (χ4n) is 2.48. The number of benzene rings is 2. The van der Waals surface area contributed by atoms with E-state index in [-0.39, 0.29) is 0 Å². The summed E-state index contributed by atoms with van der Waals surface area (Å²) >= 11 is 3.55. The lowest BCUT2D eigenvalue weighted by atomic mass is 10.1. The van der Waals surface area contributed by atoms with Gasteiger partial charge in [0.1, 0.15) is 11.5 Å². The van der Waals surface area contributed by atoms with Gasteiger partial charge in [0.05, 0.1) is 25.1 Å². The van der Waals surface area contributed by atoms with Crippen LogP contribution < -0.4 is 20.5 Å². The molecule has 1 aliphatic rings. The second kappa shape index (κ2) is 5.85. The van der Waals surface area contributed by atoms with Gasteiger partial charge in [0, 0.05) is 29.1 Å². The van der Waals surface area contributed by atoms with Gasteiger partial charge in [-0.1, -0.05) is 15.9 Å². The van der Waals surface area contributed by atoms with E-state index in [1.807, 2.05) is 18.2 Å². The number of anilines is 2. The van der Waals surface area contributed by atoms with Crippen LogP contribution in [0.5, 0.6) is 11.5 Å². The quantitative estimate of drug-likeness (QED) is 0.829. The van der Waals surface area contributed by atoms with Crippen molar-refractivity contribution in [2.45, 2.75) is 13.0 Å². The largest absolute Gasteiger partial charge is 0.497 e. The molecule has 0 saturated carbocycles. The Morgan fingerprint density at radius 3 is 3.00 bits per heavy atom. The molecule has 0 fully saturated rings. The van der Waals surface area contributed by atoms with Crippen LogP contribution in [0, 0.1) is 0 Å². The lowest BCUT2D eigenvalue weighted by Crippen LogP contribution is -2.04. The summed E-state index contributed by atoms with van der Waals surface area (Å²) in [6, 6.07) is 9.77. The number of rotatable bonds is 4. The molecule has 0 spiro atoms. The molecule has 0 amide bonds. The van der Waals surface area contributed by atoms with E-state index < -0.39 is 0 Å². The number of halogens is 1. The highest BCUT2D eigenvalue weighted by molar-refractivity contribution is 9.10. The zero-order chi connectivity index (χ0) is 14.8. The summed E-state index contributed by atoms with van der Waals surface area (Å²) in [5, 5.41) is 3.36. The Morgan fingerprint density at radius 2 is 2.19 bits per heavy atom. The summed E-state index contributed by atoms with van der Waals surface area (Å²) < 4.78 is 12.0. The molecule has 0 unspecified atom stereocenters. The summed E-state index contributed by atoms with van der Waals surface area (Å²) in [5.74, 6) is 1.77.